The van der Waals surface area contributed by atoms with Crippen molar-refractivity contribution in [3.8, 4) is 0 Å². The summed E-state index contributed by atoms with van der Waals surface area (Å²) in [5, 5.41) is 21.7. The lowest BCUT2D eigenvalue weighted by molar-refractivity contribution is -0.396. The van der Waals surface area contributed by atoms with E-state index in [1.54, 1.807) is 0 Å². The molecule has 0 spiro atoms. The molecule has 0 saturated carbocycles. The molecule has 0 unspecified atom stereocenters. The minimum absolute atomic E-state index is 0.247. The van der Waals surface area contributed by atoms with E-state index in [9.17, 15) is 28.6 Å². The fourth-order valence-electron chi connectivity index (χ4n) is 2.09. The van der Waals surface area contributed by atoms with Crippen LogP contribution < -0.4 is 0 Å². The average Bonchev–Trinajstić information content (AvgIpc) is 2.47. The molecule has 113 valence electrons. The molecule has 21 heavy (non-hydrogen) atoms. The highest BCUT2D eigenvalue weighted by Gasteiger charge is 2.33. The van der Waals surface area contributed by atoms with Crippen molar-refractivity contribution >= 4 is 21.4 Å². The van der Waals surface area contributed by atoms with E-state index < -0.39 is 36.1 Å². The number of piperidine rings is 1. The van der Waals surface area contributed by atoms with Gasteiger partial charge >= 0.3 is 0 Å². The summed E-state index contributed by atoms with van der Waals surface area (Å²) in [4.78, 5) is 19.4. The maximum Gasteiger partial charge on any atom is 0.296 e. The summed E-state index contributed by atoms with van der Waals surface area (Å²) in [5.41, 5.74) is -1.30. The minimum Gasteiger partial charge on any atom is -0.258 e. The van der Waals surface area contributed by atoms with Gasteiger partial charge in [-0.3, -0.25) is 20.2 Å². The molecule has 9 nitrogen and oxygen atoms in total. The number of benzene rings is 1. The van der Waals surface area contributed by atoms with Crippen molar-refractivity contribution in [1.82, 2.24) is 4.31 Å². The number of nitro benzene ring substituents is 2. The van der Waals surface area contributed by atoms with Crippen LogP contribution in [0.1, 0.15) is 12.8 Å². The lowest BCUT2D eigenvalue weighted by Crippen LogP contribution is -2.36. The molecule has 1 saturated heterocycles. The lowest BCUT2D eigenvalue weighted by atomic mass is 10.2. The highest BCUT2D eigenvalue weighted by molar-refractivity contribution is 7.89. The van der Waals surface area contributed by atoms with Gasteiger partial charge in [0.1, 0.15) is 0 Å². The molecule has 0 atom stereocenters. The molecule has 0 bridgehead atoms. The van der Waals surface area contributed by atoms with E-state index in [0.29, 0.717) is 18.9 Å². The highest BCUT2D eigenvalue weighted by Crippen LogP contribution is 2.31. The molecule has 1 aromatic rings. The Labute approximate surface area is 120 Å². The second-order valence-corrected chi connectivity index (χ2v) is 6.34. The number of non-ortho nitro benzene ring substituents is 1. The van der Waals surface area contributed by atoms with Gasteiger partial charge < -0.3 is 0 Å². The first-order valence-electron chi connectivity index (χ1n) is 6.08. The summed E-state index contributed by atoms with van der Waals surface area (Å²) < 4.78 is 26.0. The van der Waals surface area contributed by atoms with Gasteiger partial charge in [-0.25, -0.2) is 8.42 Å². The first kappa shape index (κ1) is 15.3. The van der Waals surface area contributed by atoms with Gasteiger partial charge in [-0.2, -0.15) is 4.31 Å². The van der Waals surface area contributed by atoms with Crippen LogP contribution in [0.3, 0.4) is 0 Å². The summed E-state index contributed by atoms with van der Waals surface area (Å²) in [7, 11) is -4.03. The largest absolute Gasteiger partial charge is 0.296 e. The first-order chi connectivity index (χ1) is 9.84. The van der Waals surface area contributed by atoms with Gasteiger partial charge in [0.15, 0.2) is 4.90 Å². The van der Waals surface area contributed by atoms with Gasteiger partial charge in [0, 0.05) is 19.2 Å². The van der Waals surface area contributed by atoms with Crippen molar-refractivity contribution in [3.63, 3.8) is 0 Å². The Morgan fingerprint density at radius 1 is 1.05 bits per heavy atom. The summed E-state index contributed by atoms with van der Waals surface area (Å²) in [6, 6.07) is 2.54. The standard InChI is InChI=1S/C11H12N3O6S/c15-13(16)9-4-5-11(10(8-9)14(17)18)21(19,20)12-6-2-1-3-7-12/h1,4-5,8H,2-3,6-7H2. The molecular weight excluding hydrogens is 302 g/mol. The van der Waals surface area contributed by atoms with Crippen molar-refractivity contribution in [2.24, 2.45) is 0 Å². The summed E-state index contributed by atoms with van der Waals surface area (Å²) >= 11 is 0. The van der Waals surface area contributed by atoms with E-state index in [0.717, 1.165) is 16.4 Å². The lowest BCUT2D eigenvalue weighted by Gasteiger charge is -2.25. The maximum absolute atomic E-state index is 12.4. The molecule has 1 fully saturated rings. The SMILES string of the molecule is O=[N+]([O-])c1ccc(S(=O)(=O)N2CC[CH]CC2)c([N+](=O)[O-])c1. The van der Waals surface area contributed by atoms with E-state index in [-0.39, 0.29) is 13.1 Å². The van der Waals surface area contributed by atoms with Gasteiger partial charge in [0.2, 0.25) is 10.0 Å². The number of sulfonamides is 1. The van der Waals surface area contributed by atoms with Crippen LogP contribution in [0.5, 0.6) is 0 Å². The van der Waals surface area contributed by atoms with Gasteiger partial charge in [0.25, 0.3) is 11.4 Å². The molecule has 1 aromatic carbocycles. The smallest absolute Gasteiger partial charge is 0.258 e. The third kappa shape index (κ3) is 3.00. The Balaban J connectivity index is 2.51. The number of hydrogen-bond donors (Lipinski definition) is 0. The Morgan fingerprint density at radius 2 is 1.67 bits per heavy atom. The van der Waals surface area contributed by atoms with E-state index in [2.05, 4.69) is 0 Å². The first-order valence-corrected chi connectivity index (χ1v) is 7.52. The van der Waals surface area contributed by atoms with Gasteiger partial charge in [0.05, 0.1) is 15.9 Å². The Morgan fingerprint density at radius 3 is 2.19 bits per heavy atom. The number of hydrogen-bond acceptors (Lipinski definition) is 6. The molecule has 10 heteroatoms. The van der Waals surface area contributed by atoms with Crippen LogP contribution in [0.2, 0.25) is 0 Å². The van der Waals surface area contributed by atoms with Gasteiger partial charge in [-0.15, -0.1) is 0 Å². The fraction of sp³-hybridized carbons (Fsp3) is 0.364. The van der Waals surface area contributed by atoms with Crippen LogP contribution in [0.25, 0.3) is 0 Å². The summed E-state index contributed by atoms with van der Waals surface area (Å²) in [5.74, 6) is 0. The monoisotopic (exact) mass is 314 g/mol. The van der Waals surface area contributed by atoms with Crippen LogP contribution in [0.4, 0.5) is 11.4 Å². The quantitative estimate of drug-likeness (QED) is 0.612. The zero-order chi connectivity index (χ0) is 15.6. The topological polar surface area (TPSA) is 124 Å². The molecule has 1 aliphatic rings. The number of nitro groups is 2. The van der Waals surface area contributed by atoms with Crippen LogP contribution in [0.15, 0.2) is 23.1 Å². The van der Waals surface area contributed by atoms with Crippen LogP contribution in [-0.4, -0.2) is 35.7 Å². The molecule has 0 N–H and O–H groups in total. The van der Waals surface area contributed by atoms with Crippen molar-refractivity contribution < 1.29 is 18.3 Å². The van der Waals surface area contributed by atoms with Crippen LogP contribution in [0, 0.1) is 26.6 Å². The van der Waals surface area contributed by atoms with Crippen LogP contribution >= 0.6 is 0 Å². The average molecular weight is 314 g/mol. The molecule has 0 amide bonds. The highest BCUT2D eigenvalue weighted by atomic mass is 32.2. The van der Waals surface area contributed by atoms with E-state index in [1.165, 1.54) is 0 Å². The van der Waals surface area contributed by atoms with E-state index >= 15 is 0 Å². The molecule has 0 aromatic heterocycles. The van der Waals surface area contributed by atoms with Crippen LogP contribution in [-0.2, 0) is 10.0 Å². The van der Waals surface area contributed by atoms with E-state index in [4.69, 9.17) is 0 Å². The van der Waals surface area contributed by atoms with Crippen molar-refractivity contribution in [2.75, 3.05) is 13.1 Å². The molecule has 1 aliphatic heterocycles. The number of nitrogens with zero attached hydrogens (tertiary/aromatic N) is 3. The predicted molar refractivity (Wildman–Crippen MR) is 72.0 cm³/mol. The Bertz CT molecular complexity index is 681. The normalized spacial score (nSPS) is 16.6. The second kappa shape index (κ2) is 5.74. The third-order valence-corrected chi connectivity index (χ3v) is 5.08. The zero-order valence-electron chi connectivity index (χ0n) is 10.8. The van der Waals surface area contributed by atoms with Crippen molar-refractivity contribution in [1.29, 1.82) is 0 Å². The fourth-order valence-corrected chi connectivity index (χ4v) is 3.69. The van der Waals surface area contributed by atoms with Gasteiger partial charge in [-0.1, -0.05) is 0 Å². The molecule has 0 aliphatic carbocycles. The molecule has 1 radical (unpaired) electrons. The predicted octanol–water partition coefficient (Wildman–Crippen LogP) is 1.49. The second-order valence-electron chi connectivity index (χ2n) is 4.44. The summed E-state index contributed by atoms with van der Waals surface area (Å²) in [6.45, 7) is 0.493. The molecule has 1 heterocycles. The molecular formula is C11H12N3O6S. The zero-order valence-corrected chi connectivity index (χ0v) is 11.7. The van der Waals surface area contributed by atoms with E-state index in [1.807, 2.05) is 6.42 Å². The maximum atomic E-state index is 12.4. The minimum atomic E-state index is -4.03. The third-order valence-electron chi connectivity index (χ3n) is 3.13. The Hall–Kier alpha value is -2.07. The van der Waals surface area contributed by atoms with Crippen molar-refractivity contribution in [3.05, 3.63) is 44.8 Å². The van der Waals surface area contributed by atoms with Gasteiger partial charge in [-0.05, 0) is 25.3 Å². The number of rotatable bonds is 4. The Kier molecular flexibility index (Phi) is 4.19. The summed E-state index contributed by atoms with van der Waals surface area (Å²) in [6.07, 6.45) is 3.08. The molecule has 2 rings (SSSR count). The van der Waals surface area contributed by atoms with Crippen molar-refractivity contribution in [2.45, 2.75) is 17.7 Å².